The summed E-state index contributed by atoms with van der Waals surface area (Å²) in [5, 5.41) is 9.19. The fraction of sp³-hybridized carbons (Fsp3) is 0.0769. The quantitative estimate of drug-likeness (QED) is 0.355. The number of aromatic amines is 1. The van der Waals surface area contributed by atoms with Crippen molar-refractivity contribution in [3.05, 3.63) is 117 Å². The van der Waals surface area contributed by atoms with Gasteiger partial charge in [-0.3, -0.25) is 14.6 Å². The average molecular weight is 486 g/mol. The molecule has 3 aromatic heterocycles. The number of nitrogens with zero attached hydrogens (tertiary/aromatic N) is 3. The highest BCUT2D eigenvalue weighted by Crippen LogP contribution is 2.28. The third-order valence-corrected chi connectivity index (χ3v) is 6.37. The topological polar surface area (TPSA) is 92.7 Å². The molecule has 174 valence electrons. The van der Waals surface area contributed by atoms with Crippen LogP contribution in [0, 0.1) is 12.7 Å². The number of aromatic nitrogens is 4. The Labute approximate surface area is 203 Å². The van der Waals surface area contributed by atoms with Crippen molar-refractivity contribution >= 4 is 23.1 Å². The zero-order valence-electron chi connectivity index (χ0n) is 18.7. The van der Waals surface area contributed by atoms with Gasteiger partial charge in [0.1, 0.15) is 17.3 Å². The number of H-pyrrole nitrogens is 1. The van der Waals surface area contributed by atoms with Crippen LogP contribution in [-0.2, 0) is 6.42 Å². The fourth-order valence-electron chi connectivity index (χ4n) is 3.71. The molecule has 3 heterocycles. The molecular weight excluding hydrogens is 465 g/mol. The van der Waals surface area contributed by atoms with Gasteiger partial charge in [0.15, 0.2) is 0 Å². The van der Waals surface area contributed by atoms with Gasteiger partial charge in [-0.25, -0.2) is 9.37 Å². The maximum atomic E-state index is 14.2. The minimum atomic E-state index is -0.637. The lowest BCUT2D eigenvalue weighted by Crippen LogP contribution is -2.22. The summed E-state index contributed by atoms with van der Waals surface area (Å²) < 4.78 is 15.5. The van der Waals surface area contributed by atoms with Gasteiger partial charge in [0.2, 0.25) is 5.95 Å². The lowest BCUT2D eigenvalue weighted by Gasteiger charge is -2.11. The van der Waals surface area contributed by atoms with E-state index < -0.39 is 11.7 Å². The third-order valence-electron chi connectivity index (χ3n) is 5.48. The monoisotopic (exact) mass is 485 g/mol. The predicted octanol–water partition coefficient (Wildman–Crippen LogP) is 4.97. The first kappa shape index (κ1) is 22.4. The third kappa shape index (κ3) is 4.67. The Kier molecular flexibility index (Phi) is 6.07. The van der Waals surface area contributed by atoms with Crippen molar-refractivity contribution in [2.75, 3.05) is 5.32 Å². The van der Waals surface area contributed by atoms with Crippen molar-refractivity contribution in [2.24, 2.45) is 0 Å². The summed E-state index contributed by atoms with van der Waals surface area (Å²) in [6.45, 7) is 1.76. The molecule has 0 aliphatic carbocycles. The standard InChI is InChI=1S/C26H20FN5O2S/c1-16-19(14-17-8-3-2-4-9-17)25(34)30-26(28-16)32-23(15-21(31-32)22-12-7-13-35-22)29-24(33)18-10-5-6-11-20(18)27/h2-13,15H,14H2,1H3,(H,29,33)(H,28,30,34). The summed E-state index contributed by atoms with van der Waals surface area (Å²) >= 11 is 1.48. The van der Waals surface area contributed by atoms with E-state index in [1.807, 2.05) is 47.8 Å². The van der Waals surface area contributed by atoms with Crippen LogP contribution >= 0.6 is 11.3 Å². The summed E-state index contributed by atoms with van der Waals surface area (Å²) in [6, 6.07) is 20.8. The van der Waals surface area contributed by atoms with Crippen molar-refractivity contribution in [3.63, 3.8) is 0 Å². The van der Waals surface area contributed by atoms with E-state index in [1.54, 1.807) is 19.1 Å². The lowest BCUT2D eigenvalue weighted by atomic mass is 10.1. The molecule has 0 saturated carbocycles. The van der Waals surface area contributed by atoms with Crippen LogP contribution in [0.5, 0.6) is 0 Å². The highest BCUT2D eigenvalue weighted by atomic mass is 32.1. The highest BCUT2D eigenvalue weighted by molar-refractivity contribution is 7.13. The van der Waals surface area contributed by atoms with Gasteiger partial charge in [0, 0.05) is 18.1 Å². The molecule has 0 radical (unpaired) electrons. The molecule has 2 aromatic carbocycles. The first-order valence-corrected chi connectivity index (χ1v) is 11.7. The Bertz CT molecular complexity index is 1560. The number of carbonyl (C=O) groups excluding carboxylic acids is 1. The number of aryl methyl sites for hydroxylation is 1. The van der Waals surface area contributed by atoms with Crippen molar-refractivity contribution in [2.45, 2.75) is 13.3 Å². The van der Waals surface area contributed by atoms with Crippen molar-refractivity contribution in [1.82, 2.24) is 19.7 Å². The highest BCUT2D eigenvalue weighted by Gasteiger charge is 2.19. The van der Waals surface area contributed by atoms with Crippen LogP contribution in [-0.4, -0.2) is 25.7 Å². The first-order valence-electron chi connectivity index (χ1n) is 10.8. The van der Waals surface area contributed by atoms with Crippen LogP contribution < -0.4 is 10.9 Å². The number of rotatable bonds is 6. The van der Waals surface area contributed by atoms with Crippen LogP contribution in [0.4, 0.5) is 10.2 Å². The number of benzene rings is 2. The molecule has 0 aliphatic heterocycles. The molecule has 0 unspecified atom stereocenters. The van der Waals surface area contributed by atoms with Gasteiger partial charge in [-0.2, -0.15) is 9.78 Å². The Morgan fingerprint density at radius 2 is 1.86 bits per heavy atom. The van der Waals surface area contributed by atoms with Gasteiger partial charge >= 0.3 is 0 Å². The van der Waals surface area contributed by atoms with Crippen molar-refractivity contribution in [3.8, 4) is 16.5 Å². The van der Waals surface area contributed by atoms with Crippen LogP contribution in [0.15, 0.2) is 83.0 Å². The maximum Gasteiger partial charge on any atom is 0.259 e. The zero-order valence-corrected chi connectivity index (χ0v) is 19.5. The molecule has 2 N–H and O–H groups in total. The normalized spacial score (nSPS) is 10.9. The Morgan fingerprint density at radius 1 is 1.09 bits per heavy atom. The van der Waals surface area contributed by atoms with Gasteiger partial charge < -0.3 is 5.32 Å². The Hall–Kier alpha value is -4.37. The number of anilines is 1. The number of hydrogen-bond donors (Lipinski definition) is 2. The molecule has 5 rings (SSSR count). The molecule has 0 bridgehead atoms. The van der Waals surface area contributed by atoms with Gasteiger partial charge in [-0.15, -0.1) is 11.3 Å². The Morgan fingerprint density at radius 3 is 2.57 bits per heavy atom. The molecule has 7 nitrogen and oxygen atoms in total. The van der Waals surface area contributed by atoms with E-state index in [9.17, 15) is 14.0 Å². The SMILES string of the molecule is Cc1nc(-n2nc(-c3cccs3)cc2NC(=O)c2ccccc2F)[nH]c(=O)c1Cc1ccccc1. The average Bonchev–Trinajstić information content (AvgIpc) is 3.52. The lowest BCUT2D eigenvalue weighted by molar-refractivity contribution is 0.102. The summed E-state index contributed by atoms with van der Waals surface area (Å²) in [7, 11) is 0. The number of carbonyl (C=O) groups is 1. The number of hydrogen-bond acceptors (Lipinski definition) is 5. The molecule has 35 heavy (non-hydrogen) atoms. The predicted molar refractivity (Wildman–Crippen MR) is 134 cm³/mol. The van der Waals surface area contributed by atoms with Crippen LogP contribution in [0.3, 0.4) is 0 Å². The van der Waals surface area contributed by atoms with Crippen molar-refractivity contribution < 1.29 is 9.18 Å². The number of nitrogens with one attached hydrogen (secondary N) is 2. The van der Waals surface area contributed by atoms with E-state index in [4.69, 9.17) is 0 Å². The molecule has 0 saturated heterocycles. The van der Waals surface area contributed by atoms with Crippen LogP contribution in [0.1, 0.15) is 27.2 Å². The molecule has 9 heteroatoms. The van der Waals surface area contributed by atoms with Gasteiger partial charge in [0.05, 0.1) is 16.1 Å². The van der Waals surface area contributed by atoms with E-state index in [0.717, 1.165) is 10.4 Å². The summed E-state index contributed by atoms with van der Waals surface area (Å²) in [4.78, 5) is 34.1. The van der Waals surface area contributed by atoms with E-state index in [0.29, 0.717) is 23.4 Å². The second-order valence-corrected chi connectivity index (χ2v) is 8.80. The zero-order chi connectivity index (χ0) is 24.4. The fourth-order valence-corrected chi connectivity index (χ4v) is 4.39. The Balaban J connectivity index is 1.55. The maximum absolute atomic E-state index is 14.2. The minimum absolute atomic E-state index is 0.103. The van der Waals surface area contributed by atoms with E-state index in [1.165, 1.54) is 34.2 Å². The number of thiophene rings is 1. The summed E-state index contributed by atoms with van der Waals surface area (Å²) in [6.07, 6.45) is 0.436. The van der Waals surface area contributed by atoms with Gasteiger partial charge in [0.25, 0.3) is 11.5 Å². The molecule has 0 spiro atoms. The minimum Gasteiger partial charge on any atom is -0.306 e. The van der Waals surface area contributed by atoms with E-state index >= 15 is 0 Å². The second kappa shape index (κ2) is 9.47. The van der Waals surface area contributed by atoms with E-state index in [-0.39, 0.29) is 22.9 Å². The summed E-state index contributed by atoms with van der Waals surface area (Å²) in [5.74, 6) is -0.875. The van der Waals surface area contributed by atoms with Crippen LogP contribution in [0.2, 0.25) is 0 Å². The molecule has 0 aliphatic rings. The summed E-state index contributed by atoms with van der Waals surface area (Å²) in [5.41, 5.74) is 2.27. The largest absolute Gasteiger partial charge is 0.306 e. The number of halogens is 1. The molecule has 5 aromatic rings. The molecule has 0 fully saturated rings. The smallest absolute Gasteiger partial charge is 0.259 e. The molecule has 1 amide bonds. The molecular formula is C26H20FN5O2S. The van der Waals surface area contributed by atoms with E-state index in [2.05, 4.69) is 20.4 Å². The first-order chi connectivity index (χ1) is 17.0. The second-order valence-electron chi connectivity index (χ2n) is 7.85. The van der Waals surface area contributed by atoms with Gasteiger partial charge in [-0.05, 0) is 36.1 Å². The van der Waals surface area contributed by atoms with Crippen LogP contribution in [0.25, 0.3) is 16.5 Å². The van der Waals surface area contributed by atoms with Gasteiger partial charge in [-0.1, -0.05) is 48.5 Å². The number of amides is 1. The molecule has 0 atom stereocenters. The van der Waals surface area contributed by atoms with Crippen molar-refractivity contribution in [1.29, 1.82) is 0 Å².